The fourth-order valence-electron chi connectivity index (χ4n) is 1.72. The summed E-state index contributed by atoms with van der Waals surface area (Å²) >= 11 is 4.26. The zero-order valence-electron chi connectivity index (χ0n) is 11.1. The first-order valence-corrected chi connectivity index (χ1v) is 6.63. The van der Waals surface area contributed by atoms with Gasteiger partial charge >= 0.3 is 6.18 Å². The van der Waals surface area contributed by atoms with Gasteiger partial charge in [-0.15, -0.1) is 0 Å². The topological polar surface area (TPSA) is 3.24 Å². The Bertz CT molecular complexity index is 211. The molecule has 0 aromatic heterocycles. The van der Waals surface area contributed by atoms with E-state index in [0.717, 1.165) is 6.42 Å². The second-order valence-corrected chi connectivity index (χ2v) is 5.96. The van der Waals surface area contributed by atoms with Crippen molar-refractivity contribution in [2.45, 2.75) is 40.3 Å². The van der Waals surface area contributed by atoms with Crippen LogP contribution >= 0.6 is 12.6 Å². The van der Waals surface area contributed by atoms with Crippen LogP contribution in [0.15, 0.2) is 0 Å². The van der Waals surface area contributed by atoms with Gasteiger partial charge < -0.3 is 0 Å². The smallest absolute Gasteiger partial charge is 0.295 e. The summed E-state index contributed by atoms with van der Waals surface area (Å²) in [5.41, 5.74) is -0.0145. The summed E-state index contributed by atoms with van der Waals surface area (Å²) in [5, 5.41) is 0. The van der Waals surface area contributed by atoms with Crippen LogP contribution in [0.3, 0.4) is 0 Å². The Kier molecular flexibility index (Phi) is 6.92. The minimum absolute atomic E-state index is 0.0145. The van der Waals surface area contributed by atoms with E-state index >= 15 is 0 Å². The molecule has 5 heteroatoms. The van der Waals surface area contributed by atoms with Gasteiger partial charge in [-0.1, -0.05) is 27.7 Å². The number of hydrogen-bond donors (Lipinski definition) is 1. The maximum absolute atomic E-state index is 12.4. The number of rotatable bonds is 6. The molecule has 1 unspecified atom stereocenters. The second-order valence-electron chi connectivity index (χ2n) is 5.60. The maximum atomic E-state index is 12.4. The Morgan fingerprint density at radius 2 is 1.71 bits per heavy atom. The average Bonchev–Trinajstić information content (AvgIpc) is 2.09. The van der Waals surface area contributed by atoms with Crippen LogP contribution in [0.4, 0.5) is 13.2 Å². The molecule has 0 saturated carbocycles. The van der Waals surface area contributed by atoms with Crippen molar-refractivity contribution in [2.24, 2.45) is 11.3 Å². The third-order valence-electron chi connectivity index (χ3n) is 2.87. The Morgan fingerprint density at radius 1 is 1.18 bits per heavy atom. The van der Waals surface area contributed by atoms with E-state index in [2.05, 4.69) is 12.6 Å². The van der Waals surface area contributed by atoms with Gasteiger partial charge in [0.2, 0.25) is 0 Å². The van der Waals surface area contributed by atoms with Crippen molar-refractivity contribution in [1.82, 2.24) is 4.90 Å². The van der Waals surface area contributed by atoms with Gasteiger partial charge in [-0.3, -0.25) is 4.90 Å². The highest BCUT2D eigenvalue weighted by Crippen LogP contribution is 2.28. The summed E-state index contributed by atoms with van der Waals surface area (Å²) in [6.45, 7) is 8.17. The third kappa shape index (κ3) is 7.92. The molecule has 17 heavy (non-hydrogen) atoms. The fraction of sp³-hybridized carbons (Fsp3) is 1.00. The summed E-state index contributed by atoms with van der Waals surface area (Å²) in [6, 6.07) is 0. The highest BCUT2D eigenvalue weighted by atomic mass is 32.1. The lowest BCUT2D eigenvalue weighted by molar-refractivity contribution is -0.148. The molecule has 0 bridgehead atoms. The monoisotopic (exact) mass is 271 g/mol. The minimum Gasteiger partial charge on any atom is -0.295 e. The van der Waals surface area contributed by atoms with E-state index in [0.29, 0.717) is 18.8 Å². The molecule has 0 saturated heterocycles. The minimum atomic E-state index is -4.12. The molecule has 0 N–H and O–H groups in total. The van der Waals surface area contributed by atoms with E-state index < -0.39 is 12.7 Å². The lowest BCUT2D eigenvalue weighted by atomic mass is 9.81. The first kappa shape index (κ1) is 17.1. The van der Waals surface area contributed by atoms with Crippen LogP contribution in [-0.4, -0.2) is 36.5 Å². The van der Waals surface area contributed by atoms with Crippen molar-refractivity contribution in [1.29, 1.82) is 0 Å². The van der Waals surface area contributed by atoms with Gasteiger partial charge in [-0.2, -0.15) is 25.8 Å². The predicted octanol–water partition coefficient (Wildman–Crippen LogP) is 3.85. The molecule has 0 aromatic rings. The normalized spacial score (nSPS) is 15.4. The quantitative estimate of drug-likeness (QED) is 0.718. The molecular weight excluding hydrogens is 247 g/mol. The van der Waals surface area contributed by atoms with Gasteiger partial charge in [0.05, 0.1) is 6.54 Å². The number of hydrogen-bond acceptors (Lipinski definition) is 2. The van der Waals surface area contributed by atoms with Crippen molar-refractivity contribution < 1.29 is 13.2 Å². The zero-order chi connectivity index (χ0) is 13.7. The van der Waals surface area contributed by atoms with Gasteiger partial charge in [0, 0.05) is 6.54 Å². The number of nitrogens with zero attached hydrogens (tertiary/aromatic N) is 1. The summed E-state index contributed by atoms with van der Waals surface area (Å²) in [6.07, 6.45) is -3.38. The molecule has 0 radical (unpaired) electrons. The largest absolute Gasteiger partial charge is 0.401 e. The average molecular weight is 271 g/mol. The molecule has 1 nitrogen and oxygen atoms in total. The fourth-order valence-corrected chi connectivity index (χ4v) is 2.38. The van der Waals surface area contributed by atoms with Gasteiger partial charge in [-0.05, 0) is 30.1 Å². The molecule has 0 aliphatic rings. The van der Waals surface area contributed by atoms with Gasteiger partial charge in [0.25, 0.3) is 0 Å². The third-order valence-corrected chi connectivity index (χ3v) is 3.31. The van der Waals surface area contributed by atoms with E-state index in [1.54, 1.807) is 0 Å². The summed E-state index contributed by atoms with van der Waals surface area (Å²) < 4.78 is 37.3. The molecule has 0 fully saturated rings. The van der Waals surface area contributed by atoms with Crippen molar-refractivity contribution in [2.75, 3.05) is 25.4 Å². The highest BCUT2D eigenvalue weighted by Gasteiger charge is 2.33. The molecule has 0 heterocycles. The zero-order valence-corrected chi connectivity index (χ0v) is 12.0. The van der Waals surface area contributed by atoms with Crippen molar-refractivity contribution >= 4 is 12.6 Å². The Labute approximate surface area is 108 Å². The first-order chi connectivity index (χ1) is 7.60. The van der Waals surface area contributed by atoms with E-state index in [9.17, 15) is 13.2 Å². The molecule has 0 aromatic carbocycles. The van der Waals surface area contributed by atoms with E-state index in [-0.39, 0.29) is 11.3 Å². The summed E-state index contributed by atoms with van der Waals surface area (Å²) in [5.74, 6) is 0.779. The second kappa shape index (κ2) is 6.88. The molecule has 0 spiro atoms. The summed E-state index contributed by atoms with van der Waals surface area (Å²) in [4.78, 5) is 1.49. The van der Waals surface area contributed by atoms with Crippen LogP contribution in [-0.2, 0) is 0 Å². The predicted molar refractivity (Wildman–Crippen MR) is 69.6 cm³/mol. The van der Waals surface area contributed by atoms with Crippen molar-refractivity contribution in [3.63, 3.8) is 0 Å². The van der Waals surface area contributed by atoms with Crippen LogP contribution < -0.4 is 0 Å². The molecule has 1 atom stereocenters. The molecular formula is C12H24F3NS. The molecule has 0 aliphatic heterocycles. The van der Waals surface area contributed by atoms with Crippen LogP contribution in [0.5, 0.6) is 0 Å². The van der Waals surface area contributed by atoms with Crippen LogP contribution in [0, 0.1) is 11.3 Å². The van der Waals surface area contributed by atoms with Gasteiger partial charge in [0.1, 0.15) is 0 Å². The van der Waals surface area contributed by atoms with E-state index in [1.165, 1.54) is 4.90 Å². The van der Waals surface area contributed by atoms with Crippen LogP contribution in [0.1, 0.15) is 34.1 Å². The van der Waals surface area contributed by atoms with Gasteiger partial charge in [0.15, 0.2) is 0 Å². The number of halogens is 3. The number of thiol groups is 1. The SMILES string of the molecule is CCCN(CC(CS)C(C)(C)C)CC(F)(F)F. The molecule has 0 rings (SSSR count). The van der Waals surface area contributed by atoms with Gasteiger partial charge in [-0.25, -0.2) is 0 Å². The standard InChI is InChI=1S/C12H24F3NS/c1-5-6-16(9-12(13,14)15)7-10(8-17)11(2,3)4/h10,17H,5-9H2,1-4H3. The number of alkyl halides is 3. The first-order valence-electron chi connectivity index (χ1n) is 6.00. The van der Waals surface area contributed by atoms with E-state index in [4.69, 9.17) is 0 Å². The maximum Gasteiger partial charge on any atom is 0.401 e. The molecule has 0 aliphatic carbocycles. The molecule has 104 valence electrons. The van der Waals surface area contributed by atoms with Crippen molar-refractivity contribution in [3.05, 3.63) is 0 Å². The lowest BCUT2D eigenvalue weighted by Crippen LogP contribution is -2.41. The Morgan fingerprint density at radius 3 is 2.00 bits per heavy atom. The molecule has 0 amide bonds. The highest BCUT2D eigenvalue weighted by molar-refractivity contribution is 7.80. The summed E-state index contributed by atoms with van der Waals surface area (Å²) in [7, 11) is 0. The van der Waals surface area contributed by atoms with E-state index in [1.807, 2.05) is 27.7 Å². The van der Waals surface area contributed by atoms with Crippen LogP contribution in [0.2, 0.25) is 0 Å². The van der Waals surface area contributed by atoms with Crippen LogP contribution in [0.25, 0.3) is 0 Å². The lowest BCUT2D eigenvalue weighted by Gasteiger charge is -2.34. The van der Waals surface area contributed by atoms with Crippen molar-refractivity contribution in [3.8, 4) is 0 Å². The Balaban J connectivity index is 4.51. The Hall–Kier alpha value is 0.100.